The van der Waals surface area contributed by atoms with Gasteiger partial charge in [-0.05, 0) is 55.5 Å². The van der Waals surface area contributed by atoms with Crippen LogP contribution in [0.2, 0.25) is 0 Å². The smallest absolute Gasteiger partial charge is 0.340 e. The summed E-state index contributed by atoms with van der Waals surface area (Å²) in [6, 6.07) is 11.0. The number of amides is 1. The Balaban J connectivity index is 1.65. The van der Waals surface area contributed by atoms with Crippen molar-refractivity contribution < 1.29 is 18.7 Å². The molecule has 6 heteroatoms. The second-order valence-electron chi connectivity index (χ2n) is 8.00. The summed E-state index contributed by atoms with van der Waals surface area (Å²) in [6.45, 7) is 5.53. The fourth-order valence-corrected chi connectivity index (χ4v) is 4.18. The van der Waals surface area contributed by atoms with Crippen molar-refractivity contribution in [2.24, 2.45) is 0 Å². The van der Waals surface area contributed by atoms with Crippen LogP contribution in [0.5, 0.6) is 0 Å². The molecule has 0 spiro atoms. The van der Waals surface area contributed by atoms with Crippen LogP contribution in [0.15, 0.2) is 56.3 Å². The molecule has 0 aliphatic heterocycles. The van der Waals surface area contributed by atoms with Crippen LogP contribution in [-0.4, -0.2) is 23.7 Å². The van der Waals surface area contributed by atoms with Crippen LogP contribution in [0.3, 0.4) is 0 Å². The average Bonchev–Trinajstić information content (AvgIpc) is 3.13. The highest BCUT2D eigenvalue weighted by atomic mass is 16.4. The van der Waals surface area contributed by atoms with Crippen LogP contribution in [0.4, 0.5) is 0 Å². The second-order valence-corrected chi connectivity index (χ2v) is 8.00. The molecule has 0 saturated carbocycles. The van der Waals surface area contributed by atoms with Gasteiger partial charge in [0.2, 0.25) is 5.91 Å². The highest BCUT2D eigenvalue weighted by Gasteiger charge is 2.21. The first-order valence-electron chi connectivity index (χ1n) is 10.3. The fourth-order valence-electron chi connectivity index (χ4n) is 4.18. The molecule has 0 unspecified atom stereocenters. The van der Waals surface area contributed by atoms with E-state index < -0.39 is 11.7 Å². The van der Waals surface area contributed by atoms with E-state index in [1.165, 1.54) is 0 Å². The Morgan fingerprint density at radius 1 is 1.10 bits per heavy atom. The van der Waals surface area contributed by atoms with Crippen LogP contribution in [0.25, 0.3) is 21.9 Å². The van der Waals surface area contributed by atoms with Crippen molar-refractivity contribution in [1.29, 1.82) is 0 Å². The van der Waals surface area contributed by atoms with E-state index in [0.717, 1.165) is 22.1 Å². The number of benzene rings is 2. The summed E-state index contributed by atoms with van der Waals surface area (Å²) in [5.41, 5.74) is 4.51. The van der Waals surface area contributed by atoms with E-state index in [4.69, 9.17) is 8.83 Å². The Morgan fingerprint density at radius 3 is 2.55 bits per heavy atom. The summed E-state index contributed by atoms with van der Waals surface area (Å²) in [5, 5.41) is 14.2. The van der Waals surface area contributed by atoms with Crippen molar-refractivity contribution in [2.45, 2.75) is 39.7 Å². The summed E-state index contributed by atoms with van der Waals surface area (Å²) in [4.78, 5) is 25.4. The minimum Gasteiger partial charge on any atom is -0.463 e. The van der Waals surface area contributed by atoms with Gasteiger partial charge in [-0.2, -0.15) is 0 Å². The van der Waals surface area contributed by atoms with Crippen molar-refractivity contribution in [2.75, 3.05) is 6.61 Å². The van der Waals surface area contributed by atoms with Gasteiger partial charge in [0, 0.05) is 5.39 Å². The summed E-state index contributed by atoms with van der Waals surface area (Å²) in [5.74, 6) is -0.344. The molecule has 2 aromatic heterocycles. The zero-order chi connectivity index (χ0) is 22.1. The fraction of sp³-hybridized carbons (Fsp3) is 0.280. The van der Waals surface area contributed by atoms with Gasteiger partial charge in [-0.1, -0.05) is 30.3 Å². The van der Waals surface area contributed by atoms with Crippen LogP contribution in [-0.2, 0) is 17.6 Å². The van der Waals surface area contributed by atoms with Crippen molar-refractivity contribution in [3.63, 3.8) is 0 Å². The number of hydrogen-bond donors (Lipinski definition) is 2. The lowest BCUT2D eigenvalue weighted by molar-refractivity contribution is -0.121. The summed E-state index contributed by atoms with van der Waals surface area (Å²) in [6.07, 6.45) is 2.05. The minimum atomic E-state index is -0.536. The number of nitrogens with one attached hydrogen (secondary N) is 1. The highest BCUT2D eigenvalue weighted by molar-refractivity contribution is 6.07. The number of carbonyl (C=O) groups excluding carboxylic acids is 1. The van der Waals surface area contributed by atoms with Gasteiger partial charge in [-0.25, -0.2) is 4.79 Å². The lowest BCUT2D eigenvalue weighted by Crippen LogP contribution is -2.40. The van der Waals surface area contributed by atoms with Crippen molar-refractivity contribution >= 4 is 27.8 Å². The second kappa shape index (κ2) is 8.40. The van der Waals surface area contributed by atoms with E-state index in [1.807, 2.05) is 57.2 Å². The van der Waals surface area contributed by atoms with Gasteiger partial charge < -0.3 is 19.3 Å². The van der Waals surface area contributed by atoms with Gasteiger partial charge in [-0.15, -0.1) is 0 Å². The maximum atomic E-state index is 12.7. The lowest BCUT2D eigenvalue weighted by atomic mass is 9.98. The number of furan rings is 1. The van der Waals surface area contributed by atoms with Gasteiger partial charge in [0.25, 0.3) is 0 Å². The summed E-state index contributed by atoms with van der Waals surface area (Å²) < 4.78 is 11.3. The van der Waals surface area contributed by atoms with E-state index in [9.17, 15) is 14.7 Å². The number of carbonyl (C=O) groups is 1. The molecule has 6 nitrogen and oxygen atoms in total. The van der Waals surface area contributed by atoms with E-state index in [0.29, 0.717) is 34.1 Å². The van der Waals surface area contributed by atoms with Crippen LogP contribution >= 0.6 is 0 Å². The number of fused-ring (bicyclic) bond motifs is 3. The molecule has 2 aromatic carbocycles. The number of aliphatic hydroxyl groups excluding tert-OH is 1. The molecule has 2 heterocycles. The largest absolute Gasteiger partial charge is 0.463 e. The highest BCUT2D eigenvalue weighted by Crippen LogP contribution is 2.34. The third kappa shape index (κ3) is 3.99. The van der Waals surface area contributed by atoms with E-state index in [2.05, 4.69) is 5.32 Å². The van der Waals surface area contributed by atoms with Crippen LogP contribution in [0.1, 0.15) is 27.8 Å². The first-order valence-corrected chi connectivity index (χ1v) is 10.3. The third-order valence-electron chi connectivity index (χ3n) is 5.71. The SMILES string of the molecule is Cc1coc2c1c(C)cc1oc(=O)c(CC(=O)N[C@H](CO)Cc3ccccc3)c(C)c12. The first kappa shape index (κ1) is 20.9. The van der Waals surface area contributed by atoms with Gasteiger partial charge in [0.15, 0.2) is 0 Å². The summed E-state index contributed by atoms with van der Waals surface area (Å²) >= 11 is 0. The maximum Gasteiger partial charge on any atom is 0.340 e. The molecule has 0 saturated heterocycles. The molecule has 0 aliphatic rings. The maximum absolute atomic E-state index is 12.7. The molecule has 1 atom stereocenters. The van der Waals surface area contributed by atoms with Crippen molar-refractivity contribution in [1.82, 2.24) is 5.32 Å². The summed E-state index contributed by atoms with van der Waals surface area (Å²) in [7, 11) is 0. The Labute approximate surface area is 179 Å². The molecule has 160 valence electrons. The molecule has 2 N–H and O–H groups in total. The Morgan fingerprint density at radius 2 is 1.84 bits per heavy atom. The lowest BCUT2D eigenvalue weighted by Gasteiger charge is -2.17. The Hall–Kier alpha value is -3.38. The predicted octanol–water partition coefficient (Wildman–Crippen LogP) is 3.73. The average molecular weight is 419 g/mol. The minimum absolute atomic E-state index is 0.134. The molecule has 0 fully saturated rings. The predicted molar refractivity (Wildman–Crippen MR) is 119 cm³/mol. The topological polar surface area (TPSA) is 92.7 Å². The molecule has 0 aliphatic carbocycles. The van der Waals surface area contributed by atoms with Gasteiger partial charge >= 0.3 is 5.63 Å². The Kier molecular flexibility index (Phi) is 5.65. The van der Waals surface area contributed by atoms with E-state index >= 15 is 0 Å². The molecule has 4 rings (SSSR count). The standard InChI is InChI=1S/C25H25NO5/c1-14-9-20-23(24-22(14)15(2)13-30-24)16(3)19(25(29)31-20)11-21(28)26-18(12-27)10-17-7-5-4-6-8-17/h4-9,13,18,27H,10-12H2,1-3H3,(H,26,28)/t18-/m0/s1. The molecular weight excluding hydrogens is 394 g/mol. The number of aliphatic hydroxyl groups is 1. The first-order chi connectivity index (χ1) is 14.9. The quantitative estimate of drug-likeness (QED) is 0.465. The molecular formula is C25H25NO5. The van der Waals surface area contributed by atoms with Crippen molar-refractivity contribution in [3.05, 3.63) is 80.9 Å². The third-order valence-corrected chi connectivity index (χ3v) is 5.71. The number of aryl methyl sites for hydroxylation is 3. The molecule has 1 amide bonds. The molecule has 0 bridgehead atoms. The number of hydrogen-bond acceptors (Lipinski definition) is 5. The molecule has 4 aromatic rings. The zero-order valence-electron chi connectivity index (χ0n) is 17.8. The zero-order valence-corrected chi connectivity index (χ0v) is 17.8. The van der Waals surface area contributed by atoms with Gasteiger partial charge in [0.05, 0.1) is 36.3 Å². The van der Waals surface area contributed by atoms with Crippen LogP contribution < -0.4 is 10.9 Å². The van der Waals surface area contributed by atoms with E-state index in [1.54, 1.807) is 6.26 Å². The molecule has 31 heavy (non-hydrogen) atoms. The van der Waals surface area contributed by atoms with Crippen LogP contribution in [0, 0.1) is 20.8 Å². The normalized spacial score (nSPS) is 12.4. The Bertz CT molecular complexity index is 1320. The van der Waals surface area contributed by atoms with E-state index in [-0.39, 0.29) is 18.9 Å². The molecule has 0 radical (unpaired) electrons. The van der Waals surface area contributed by atoms with Gasteiger partial charge in [-0.3, -0.25) is 4.79 Å². The van der Waals surface area contributed by atoms with Gasteiger partial charge in [0.1, 0.15) is 11.2 Å². The monoisotopic (exact) mass is 419 g/mol. The number of rotatable bonds is 6. The van der Waals surface area contributed by atoms with Crippen molar-refractivity contribution in [3.8, 4) is 0 Å².